The van der Waals surface area contributed by atoms with E-state index in [-0.39, 0.29) is 0 Å². The molecule has 0 aromatic carbocycles. The zero-order chi connectivity index (χ0) is 12.3. The van der Waals surface area contributed by atoms with E-state index in [0.717, 1.165) is 18.5 Å². The van der Waals surface area contributed by atoms with Gasteiger partial charge in [0.25, 0.3) is 0 Å². The first kappa shape index (κ1) is 12.4. The van der Waals surface area contributed by atoms with Crippen molar-refractivity contribution in [2.24, 2.45) is 5.92 Å². The first-order valence-corrected chi connectivity index (χ1v) is 6.57. The second-order valence-corrected chi connectivity index (χ2v) is 5.33. The van der Waals surface area contributed by atoms with Gasteiger partial charge in [-0.2, -0.15) is 0 Å². The summed E-state index contributed by atoms with van der Waals surface area (Å²) < 4.78 is 0. The monoisotopic (exact) mass is 233 g/mol. The van der Waals surface area contributed by atoms with Gasteiger partial charge in [-0.1, -0.05) is 19.8 Å². The van der Waals surface area contributed by atoms with E-state index in [4.69, 9.17) is 5.73 Å². The fraction of sp³-hybridized carbons (Fsp3) is 0.643. The lowest BCUT2D eigenvalue weighted by molar-refractivity contribution is 0.133. The van der Waals surface area contributed by atoms with Crippen LogP contribution in [0.15, 0.2) is 18.3 Å². The predicted octanol–water partition coefficient (Wildman–Crippen LogP) is 2.67. The number of aromatic nitrogens is 1. The number of nitrogens with zero attached hydrogens (tertiary/aromatic N) is 2. The Bertz CT molecular complexity index is 364. The van der Waals surface area contributed by atoms with Gasteiger partial charge in [0.15, 0.2) is 0 Å². The molecule has 0 bridgehead atoms. The topological polar surface area (TPSA) is 42.2 Å². The second-order valence-electron chi connectivity index (χ2n) is 5.33. The van der Waals surface area contributed by atoms with E-state index in [2.05, 4.69) is 29.9 Å². The molecule has 0 amide bonds. The third-order valence-corrected chi connectivity index (χ3v) is 3.91. The minimum Gasteiger partial charge on any atom is -0.384 e. The summed E-state index contributed by atoms with van der Waals surface area (Å²) in [5, 5.41) is 0. The maximum atomic E-state index is 5.71. The van der Waals surface area contributed by atoms with Crippen LogP contribution in [-0.4, -0.2) is 23.0 Å². The summed E-state index contributed by atoms with van der Waals surface area (Å²) in [7, 11) is 2.23. The average molecular weight is 233 g/mol. The Morgan fingerprint density at radius 2 is 2.18 bits per heavy atom. The number of hydrogen-bond donors (Lipinski definition) is 1. The van der Waals surface area contributed by atoms with Gasteiger partial charge in [0.2, 0.25) is 0 Å². The van der Waals surface area contributed by atoms with Gasteiger partial charge >= 0.3 is 0 Å². The van der Waals surface area contributed by atoms with Gasteiger partial charge in [0.05, 0.1) is 0 Å². The number of anilines is 1. The predicted molar refractivity (Wildman–Crippen MR) is 71.5 cm³/mol. The zero-order valence-corrected chi connectivity index (χ0v) is 10.9. The third kappa shape index (κ3) is 3.19. The molecule has 1 aromatic heterocycles. The largest absolute Gasteiger partial charge is 0.384 e. The standard InChI is InChI=1S/C14H23N3/c1-11-5-3-4-6-13(11)17(2)10-12-7-8-16-14(15)9-12/h7-9,11,13H,3-6,10H2,1-2H3,(H2,15,16). The van der Waals surface area contributed by atoms with Gasteiger partial charge < -0.3 is 5.73 Å². The van der Waals surface area contributed by atoms with Gasteiger partial charge in [-0.15, -0.1) is 0 Å². The van der Waals surface area contributed by atoms with Gasteiger partial charge in [-0.05, 0) is 43.5 Å². The second kappa shape index (κ2) is 5.50. The number of pyridine rings is 1. The molecule has 3 heteroatoms. The molecule has 1 saturated carbocycles. The van der Waals surface area contributed by atoms with E-state index in [9.17, 15) is 0 Å². The molecule has 1 aliphatic rings. The fourth-order valence-electron chi connectivity index (χ4n) is 2.95. The summed E-state index contributed by atoms with van der Waals surface area (Å²) in [6, 6.07) is 4.75. The van der Waals surface area contributed by atoms with E-state index < -0.39 is 0 Å². The Balaban J connectivity index is 1.98. The zero-order valence-electron chi connectivity index (χ0n) is 10.9. The van der Waals surface area contributed by atoms with Crippen molar-refractivity contribution in [3.05, 3.63) is 23.9 Å². The van der Waals surface area contributed by atoms with E-state index in [1.165, 1.54) is 31.2 Å². The lowest BCUT2D eigenvalue weighted by Crippen LogP contribution is -2.38. The number of nitrogen functional groups attached to an aromatic ring is 1. The Labute approximate surface area is 104 Å². The molecule has 2 unspecified atom stereocenters. The molecule has 94 valence electrons. The van der Waals surface area contributed by atoms with Crippen molar-refractivity contribution in [3.8, 4) is 0 Å². The van der Waals surface area contributed by atoms with E-state index >= 15 is 0 Å². The normalized spacial score (nSPS) is 25.1. The van der Waals surface area contributed by atoms with E-state index in [1.54, 1.807) is 6.20 Å². The van der Waals surface area contributed by atoms with Crippen LogP contribution in [0.25, 0.3) is 0 Å². The van der Waals surface area contributed by atoms with Crippen LogP contribution in [-0.2, 0) is 6.54 Å². The Hall–Kier alpha value is -1.09. The van der Waals surface area contributed by atoms with Gasteiger partial charge in [-0.3, -0.25) is 4.90 Å². The quantitative estimate of drug-likeness (QED) is 0.872. The molecule has 0 radical (unpaired) electrons. The highest BCUT2D eigenvalue weighted by molar-refractivity contribution is 5.31. The maximum absolute atomic E-state index is 5.71. The molecule has 3 nitrogen and oxygen atoms in total. The smallest absolute Gasteiger partial charge is 0.123 e. The van der Waals surface area contributed by atoms with Gasteiger partial charge in [0.1, 0.15) is 5.82 Å². The van der Waals surface area contributed by atoms with Crippen LogP contribution in [0.2, 0.25) is 0 Å². The summed E-state index contributed by atoms with van der Waals surface area (Å²) in [6.07, 6.45) is 7.26. The molecule has 0 spiro atoms. The van der Waals surface area contributed by atoms with Crippen molar-refractivity contribution in [1.82, 2.24) is 9.88 Å². The minimum atomic E-state index is 0.618. The van der Waals surface area contributed by atoms with Crippen LogP contribution in [0.5, 0.6) is 0 Å². The molecule has 1 heterocycles. The molecule has 17 heavy (non-hydrogen) atoms. The van der Waals surface area contributed by atoms with Crippen LogP contribution in [0, 0.1) is 5.92 Å². The van der Waals surface area contributed by atoms with Crippen LogP contribution in [0.1, 0.15) is 38.2 Å². The molecule has 1 fully saturated rings. The fourth-order valence-corrected chi connectivity index (χ4v) is 2.95. The van der Waals surface area contributed by atoms with Crippen LogP contribution in [0.3, 0.4) is 0 Å². The van der Waals surface area contributed by atoms with Crippen molar-refractivity contribution >= 4 is 5.82 Å². The minimum absolute atomic E-state index is 0.618. The summed E-state index contributed by atoms with van der Waals surface area (Å²) in [5.74, 6) is 1.43. The Morgan fingerprint density at radius 3 is 2.88 bits per heavy atom. The first-order valence-electron chi connectivity index (χ1n) is 6.57. The third-order valence-electron chi connectivity index (χ3n) is 3.91. The molecule has 0 saturated heterocycles. The number of rotatable bonds is 3. The summed E-state index contributed by atoms with van der Waals surface area (Å²) in [6.45, 7) is 3.35. The van der Waals surface area contributed by atoms with Crippen LogP contribution >= 0.6 is 0 Å². The highest BCUT2D eigenvalue weighted by Gasteiger charge is 2.24. The summed E-state index contributed by atoms with van der Waals surface area (Å²) in [4.78, 5) is 6.50. The van der Waals surface area contributed by atoms with Crippen molar-refractivity contribution in [1.29, 1.82) is 0 Å². The van der Waals surface area contributed by atoms with Crippen molar-refractivity contribution in [2.75, 3.05) is 12.8 Å². The Kier molecular flexibility index (Phi) is 4.00. The molecule has 2 atom stereocenters. The van der Waals surface area contributed by atoms with Gasteiger partial charge in [0, 0.05) is 18.8 Å². The highest BCUT2D eigenvalue weighted by atomic mass is 15.1. The van der Waals surface area contributed by atoms with Crippen molar-refractivity contribution in [2.45, 2.75) is 45.2 Å². The van der Waals surface area contributed by atoms with Crippen molar-refractivity contribution < 1.29 is 0 Å². The number of hydrogen-bond acceptors (Lipinski definition) is 3. The van der Waals surface area contributed by atoms with Crippen LogP contribution in [0.4, 0.5) is 5.82 Å². The van der Waals surface area contributed by atoms with Crippen molar-refractivity contribution in [3.63, 3.8) is 0 Å². The molecular weight excluding hydrogens is 210 g/mol. The molecule has 2 rings (SSSR count). The lowest BCUT2D eigenvalue weighted by atomic mass is 9.85. The summed E-state index contributed by atoms with van der Waals surface area (Å²) in [5.41, 5.74) is 6.97. The highest BCUT2D eigenvalue weighted by Crippen LogP contribution is 2.28. The Morgan fingerprint density at radius 1 is 1.41 bits per heavy atom. The lowest BCUT2D eigenvalue weighted by Gasteiger charge is -2.36. The molecule has 0 aliphatic heterocycles. The number of nitrogens with two attached hydrogens (primary N) is 1. The van der Waals surface area contributed by atoms with E-state index in [1.807, 2.05) is 6.07 Å². The van der Waals surface area contributed by atoms with Gasteiger partial charge in [-0.25, -0.2) is 4.98 Å². The molecule has 1 aromatic rings. The average Bonchev–Trinajstić information content (AvgIpc) is 2.29. The molecular formula is C14H23N3. The first-order chi connectivity index (χ1) is 8.16. The molecule has 2 N–H and O–H groups in total. The van der Waals surface area contributed by atoms with Crippen LogP contribution < -0.4 is 5.73 Å². The van der Waals surface area contributed by atoms with E-state index in [0.29, 0.717) is 5.82 Å². The summed E-state index contributed by atoms with van der Waals surface area (Å²) >= 11 is 0. The maximum Gasteiger partial charge on any atom is 0.123 e. The molecule has 1 aliphatic carbocycles. The SMILES string of the molecule is CC1CCCCC1N(C)Cc1ccnc(N)c1.